The van der Waals surface area contributed by atoms with Crippen LogP contribution in [0.3, 0.4) is 0 Å². The molecule has 4 heterocycles. The van der Waals surface area contributed by atoms with Crippen LogP contribution in [0.15, 0.2) is 24.4 Å². The first-order valence-electron chi connectivity index (χ1n) is 6.91. The predicted molar refractivity (Wildman–Crippen MR) is 82.5 cm³/mol. The molecule has 0 fully saturated rings. The lowest BCUT2D eigenvalue weighted by Crippen LogP contribution is -2.05. The highest BCUT2D eigenvalue weighted by atomic mass is 19.3. The van der Waals surface area contributed by atoms with Crippen LogP contribution in [-0.2, 0) is 0 Å². The maximum absolute atomic E-state index is 13.0. The molecule has 4 aromatic heterocycles. The molecule has 0 unspecified atom stereocenters. The highest BCUT2D eigenvalue weighted by Crippen LogP contribution is 2.30. The van der Waals surface area contributed by atoms with Crippen molar-refractivity contribution in [2.75, 3.05) is 18.1 Å². The Labute approximate surface area is 133 Å². The van der Waals surface area contributed by atoms with Gasteiger partial charge in [-0.15, -0.1) is 10.2 Å². The molecule has 0 aliphatic carbocycles. The second-order valence-electron chi connectivity index (χ2n) is 4.94. The molecule has 0 aliphatic heterocycles. The summed E-state index contributed by atoms with van der Waals surface area (Å²) in [5, 5.41) is 14.1. The van der Waals surface area contributed by atoms with Gasteiger partial charge in [0.05, 0.1) is 5.69 Å². The van der Waals surface area contributed by atoms with Crippen molar-refractivity contribution in [3.05, 3.63) is 24.4 Å². The van der Waals surface area contributed by atoms with Crippen molar-refractivity contribution in [2.24, 2.45) is 0 Å². The predicted octanol–water partition coefficient (Wildman–Crippen LogP) is 1.55. The molecule has 3 N–H and O–H groups in total. The van der Waals surface area contributed by atoms with Crippen molar-refractivity contribution in [1.82, 2.24) is 34.6 Å². The quantitative estimate of drug-likeness (QED) is 0.586. The van der Waals surface area contributed by atoms with Gasteiger partial charge in [-0.1, -0.05) is 5.21 Å². The maximum Gasteiger partial charge on any atom is 0.336 e. The second-order valence-corrected chi connectivity index (χ2v) is 4.94. The molecule has 122 valence electrons. The van der Waals surface area contributed by atoms with Gasteiger partial charge in [0.25, 0.3) is 0 Å². The molecular formula is C13H11F2N9. The number of aromatic nitrogens is 7. The van der Waals surface area contributed by atoms with Gasteiger partial charge in [0.2, 0.25) is 5.95 Å². The van der Waals surface area contributed by atoms with Crippen LogP contribution in [0.1, 0.15) is 6.55 Å². The van der Waals surface area contributed by atoms with Gasteiger partial charge in [-0.3, -0.25) is 0 Å². The molecule has 9 nitrogen and oxygen atoms in total. The standard InChI is InChI=1S/C13H11F2N9/c1-17-10-9-6(4-5-23(9)21-13(16)19-10)7-2-3-8-11(18-7)24(12(14)15)22-20-8/h2-5,12H,1H3,(H3,16,17,19,21). The fourth-order valence-electron chi connectivity index (χ4n) is 2.53. The molecule has 0 bridgehead atoms. The number of nitrogens with one attached hydrogen (secondary N) is 1. The van der Waals surface area contributed by atoms with E-state index in [0.717, 1.165) is 0 Å². The molecule has 0 amide bonds. The van der Waals surface area contributed by atoms with E-state index in [9.17, 15) is 8.78 Å². The zero-order valence-corrected chi connectivity index (χ0v) is 12.4. The van der Waals surface area contributed by atoms with Crippen LogP contribution in [0.25, 0.3) is 27.9 Å². The van der Waals surface area contributed by atoms with Gasteiger partial charge in [0.1, 0.15) is 11.0 Å². The maximum atomic E-state index is 13.0. The average Bonchev–Trinajstić information content (AvgIpc) is 3.16. The molecular weight excluding hydrogens is 320 g/mol. The molecule has 4 aromatic rings. The Hall–Kier alpha value is -3.37. The van der Waals surface area contributed by atoms with Crippen molar-refractivity contribution >= 4 is 28.4 Å². The first kappa shape index (κ1) is 14.2. The third kappa shape index (κ3) is 2.01. The van der Waals surface area contributed by atoms with E-state index in [1.54, 1.807) is 36.0 Å². The first-order chi connectivity index (χ1) is 11.6. The number of alkyl halides is 2. The highest BCUT2D eigenvalue weighted by molar-refractivity contribution is 5.89. The number of pyridine rings is 1. The van der Waals surface area contributed by atoms with Crippen molar-refractivity contribution in [3.63, 3.8) is 0 Å². The van der Waals surface area contributed by atoms with Crippen molar-refractivity contribution < 1.29 is 8.78 Å². The summed E-state index contributed by atoms with van der Waals surface area (Å²) in [7, 11) is 1.70. The summed E-state index contributed by atoms with van der Waals surface area (Å²) in [6, 6.07) is 5.02. The molecule has 0 saturated heterocycles. The number of anilines is 2. The molecule has 11 heteroatoms. The lowest BCUT2D eigenvalue weighted by Gasteiger charge is -2.06. The summed E-state index contributed by atoms with van der Waals surface area (Å²) in [5.74, 6) is 0.613. The highest BCUT2D eigenvalue weighted by Gasteiger charge is 2.18. The topological polar surface area (TPSA) is 112 Å². The molecule has 0 atom stereocenters. The van der Waals surface area contributed by atoms with E-state index in [1.807, 2.05) is 0 Å². The zero-order chi connectivity index (χ0) is 16.8. The fraction of sp³-hybridized carbons (Fsp3) is 0.154. The molecule has 0 radical (unpaired) electrons. The molecule has 0 spiro atoms. The number of rotatable bonds is 3. The minimum atomic E-state index is -2.82. The Balaban J connectivity index is 1.97. The molecule has 24 heavy (non-hydrogen) atoms. The third-order valence-corrected chi connectivity index (χ3v) is 3.55. The van der Waals surface area contributed by atoms with Gasteiger partial charge in [-0.2, -0.15) is 18.4 Å². The van der Waals surface area contributed by atoms with Gasteiger partial charge < -0.3 is 11.1 Å². The number of fused-ring (bicyclic) bond motifs is 2. The van der Waals surface area contributed by atoms with Gasteiger partial charge in [-0.05, 0) is 18.2 Å². The summed E-state index contributed by atoms with van der Waals surface area (Å²) >= 11 is 0. The van der Waals surface area contributed by atoms with E-state index in [0.29, 0.717) is 27.3 Å². The number of halogens is 2. The second kappa shape index (κ2) is 5.08. The SMILES string of the molecule is CNc1nc(N)nn2ccc(-c3ccc4nnn(C(F)F)c4n3)c12. The molecule has 0 aromatic carbocycles. The lowest BCUT2D eigenvalue weighted by molar-refractivity contribution is 0.0587. The van der Waals surface area contributed by atoms with Gasteiger partial charge in [-0.25, -0.2) is 9.50 Å². The van der Waals surface area contributed by atoms with Crippen molar-refractivity contribution in [3.8, 4) is 11.3 Å². The molecule has 0 saturated carbocycles. The number of hydrogen-bond acceptors (Lipinski definition) is 7. The summed E-state index contributed by atoms with van der Waals surface area (Å²) < 4.78 is 28.0. The zero-order valence-electron chi connectivity index (χ0n) is 12.4. The Kier molecular flexibility index (Phi) is 3.01. The van der Waals surface area contributed by atoms with Gasteiger partial charge in [0.15, 0.2) is 11.5 Å². The number of nitrogens with zero attached hydrogens (tertiary/aromatic N) is 7. The van der Waals surface area contributed by atoms with Crippen LogP contribution in [0.5, 0.6) is 0 Å². The average molecular weight is 331 g/mol. The van der Waals surface area contributed by atoms with E-state index in [4.69, 9.17) is 5.73 Å². The van der Waals surface area contributed by atoms with Crippen LogP contribution in [0.4, 0.5) is 20.5 Å². The first-order valence-corrected chi connectivity index (χ1v) is 6.91. The van der Waals surface area contributed by atoms with E-state index in [2.05, 4.69) is 30.7 Å². The number of hydrogen-bond donors (Lipinski definition) is 2. The minimum absolute atomic E-state index is 0.00391. The van der Waals surface area contributed by atoms with Crippen molar-refractivity contribution in [1.29, 1.82) is 0 Å². The molecule has 4 rings (SSSR count). The van der Waals surface area contributed by atoms with Gasteiger partial charge in [0, 0.05) is 18.8 Å². The summed E-state index contributed by atoms with van der Waals surface area (Å²) in [6.07, 6.45) is 1.69. The van der Waals surface area contributed by atoms with Gasteiger partial charge >= 0.3 is 6.55 Å². The summed E-state index contributed by atoms with van der Waals surface area (Å²) in [4.78, 5) is 8.41. The Morgan fingerprint density at radius 2 is 2.04 bits per heavy atom. The Morgan fingerprint density at radius 3 is 2.79 bits per heavy atom. The largest absolute Gasteiger partial charge is 0.371 e. The van der Waals surface area contributed by atoms with Crippen molar-refractivity contribution in [2.45, 2.75) is 6.55 Å². The third-order valence-electron chi connectivity index (χ3n) is 3.55. The monoisotopic (exact) mass is 331 g/mol. The minimum Gasteiger partial charge on any atom is -0.371 e. The van der Waals surface area contributed by atoms with E-state index in [1.165, 1.54) is 0 Å². The van der Waals surface area contributed by atoms with Crippen LogP contribution in [0, 0.1) is 0 Å². The lowest BCUT2D eigenvalue weighted by atomic mass is 10.2. The Bertz CT molecular complexity index is 1050. The number of nitrogen functional groups attached to an aromatic ring is 1. The van der Waals surface area contributed by atoms with E-state index >= 15 is 0 Å². The number of nitrogens with two attached hydrogens (primary N) is 1. The van der Waals surface area contributed by atoms with Crippen LogP contribution in [-0.4, -0.2) is 41.6 Å². The van der Waals surface area contributed by atoms with Crippen LogP contribution in [0.2, 0.25) is 0 Å². The normalized spacial score (nSPS) is 11.7. The van der Waals surface area contributed by atoms with E-state index in [-0.39, 0.29) is 17.1 Å². The summed E-state index contributed by atoms with van der Waals surface area (Å²) in [6.45, 7) is -2.82. The van der Waals surface area contributed by atoms with Crippen LogP contribution >= 0.6 is 0 Å². The fourth-order valence-corrected chi connectivity index (χ4v) is 2.53. The van der Waals surface area contributed by atoms with E-state index < -0.39 is 6.55 Å². The van der Waals surface area contributed by atoms with Crippen LogP contribution < -0.4 is 11.1 Å². The smallest absolute Gasteiger partial charge is 0.336 e. The summed E-state index contributed by atoms with van der Waals surface area (Å²) in [5.41, 5.74) is 7.73. The molecule has 0 aliphatic rings. The Morgan fingerprint density at radius 1 is 1.21 bits per heavy atom.